The van der Waals surface area contributed by atoms with Gasteiger partial charge in [0.2, 0.25) is 5.91 Å². The minimum Gasteiger partial charge on any atom is -0.480 e. The number of carbonyl (C=O) groups is 3. The molecule has 0 bridgehead atoms. The Morgan fingerprint density at radius 2 is 1.58 bits per heavy atom. The summed E-state index contributed by atoms with van der Waals surface area (Å²) in [7, 11) is 0. The van der Waals surface area contributed by atoms with Gasteiger partial charge in [-0.3, -0.25) is 4.79 Å². The lowest BCUT2D eigenvalue weighted by Gasteiger charge is -2.16. The Morgan fingerprint density at radius 3 is 2.15 bits per heavy atom. The van der Waals surface area contributed by atoms with E-state index in [2.05, 4.69) is 34.9 Å². The fourth-order valence-corrected chi connectivity index (χ4v) is 4.11. The molecule has 176 valence electrons. The topological polar surface area (TPSA) is 105 Å². The van der Waals surface area contributed by atoms with Crippen LogP contribution in [-0.4, -0.2) is 42.3 Å². The summed E-state index contributed by atoms with van der Waals surface area (Å²) in [6.45, 7) is 4.52. The molecule has 0 fully saturated rings. The van der Waals surface area contributed by atoms with Crippen molar-refractivity contribution in [2.24, 2.45) is 5.92 Å². The number of hydrogen-bond donors (Lipinski definition) is 3. The molecule has 0 radical (unpaired) electrons. The summed E-state index contributed by atoms with van der Waals surface area (Å²) in [4.78, 5) is 35.5. The molecule has 2 amide bonds. The number of carboxylic acids is 1. The molecule has 0 saturated heterocycles. The Bertz CT molecular complexity index is 943. The molecule has 7 nitrogen and oxygen atoms in total. The Hall–Kier alpha value is -3.35. The van der Waals surface area contributed by atoms with Crippen molar-refractivity contribution in [2.75, 3.05) is 13.2 Å². The molecule has 1 aliphatic carbocycles. The van der Waals surface area contributed by atoms with Crippen LogP contribution in [0.1, 0.15) is 56.6 Å². The molecule has 2 aromatic rings. The lowest BCUT2D eigenvalue weighted by molar-refractivity contribution is -0.142. The summed E-state index contributed by atoms with van der Waals surface area (Å²) in [6, 6.07) is 15.4. The van der Waals surface area contributed by atoms with Crippen molar-refractivity contribution in [1.82, 2.24) is 10.6 Å². The van der Waals surface area contributed by atoms with E-state index in [0.717, 1.165) is 17.5 Å². The van der Waals surface area contributed by atoms with Gasteiger partial charge in [-0.05, 0) is 47.4 Å². The maximum absolute atomic E-state index is 12.2. The van der Waals surface area contributed by atoms with Crippen molar-refractivity contribution in [3.05, 3.63) is 59.7 Å². The van der Waals surface area contributed by atoms with Gasteiger partial charge in [0.15, 0.2) is 0 Å². The van der Waals surface area contributed by atoms with Crippen LogP contribution in [0, 0.1) is 5.92 Å². The normalized spacial score (nSPS) is 13.2. The van der Waals surface area contributed by atoms with Crippen molar-refractivity contribution < 1.29 is 24.2 Å². The molecule has 0 aliphatic heterocycles. The predicted octanol–water partition coefficient (Wildman–Crippen LogP) is 4.31. The number of rotatable bonds is 11. The molecule has 0 aromatic heterocycles. The molecule has 1 aliphatic rings. The Kier molecular flexibility index (Phi) is 8.46. The number of aliphatic carboxylic acids is 1. The van der Waals surface area contributed by atoms with E-state index < -0.39 is 18.1 Å². The summed E-state index contributed by atoms with van der Waals surface area (Å²) in [5.41, 5.74) is 4.63. The Labute approximate surface area is 194 Å². The molecule has 33 heavy (non-hydrogen) atoms. The van der Waals surface area contributed by atoms with E-state index in [-0.39, 0.29) is 31.4 Å². The second-order valence-electron chi connectivity index (χ2n) is 8.79. The zero-order valence-electron chi connectivity index (χ0n) is 19.2. The smallest absolute Gasteiger partial charge is 0.407 e. The highest BCUT2D eigenvalue weighted by atomic mass is 16.5. The first-order valence-electron chi connectivity index (χ1n) is 11.5. The van der Waals surface area contributed by atoms with Gasteiger partial charge in [-0.15, -0.1) is 0 Å². The fraction of sp³-hybridized carbons (Fsp3) is 0.423. The van der Waals surface area contributed by atoms with Gasteiger partial charge in [0.05, 0.1) is 0 Å². The summed E-state index contributed by atoms with van der Waals surface area (Å²) < 4.78 is 5.47. The maximum Gasteiger partial charge on any atom is 0.407 e. The number of benzene rings is 2. The average Bonchev–Trinajstić information content (AvgIpc) is 3.11. The first-order chi connectivity index (χ1) is 15.9. The highest BCUT2D eigenvalue weighted by molar-refractivity contribution is 5.83. The molecule has 0 heterocycles. The lowest BCUT2D eigenvalue weighted by atomic mass is 9.98. The molecular formula is C26H32N2O5. The third-order valence-electron chi connectivity index (χ3n) is 5.86. The lowest BCUT2D eigenvalue weighted by Crippen LogP contribution is -2.41. The third kappa shape index (κ3) is 6.57. The molecule has 1 atom stereocenters. The van der Waals surface area contributed by atoms with Crippen LogP contribution >= 0.6 is 0 Å². The second-order valence-corrected chi connectivity index (χ2v) is 8.79. The first kappa shape index (κ1) is 24.3. The van der Waals surface area contributed by atoms with Crippen LogP contribution in [0.25, 0.3) is 11.1 Å². The van der Waals surface area contributed by atoms with E-state index in [1.807, 2.05) is 38.1 Å². The van der Waals surface area contributed by atoms with E-state index in [9.17, 15) is 19.5 Å². The highest BCUT2D eigenvalue weighted by Crippen LogP contribution is 2.44. The first-order valence-corrected chi connectivity index (χ1v) is 11.5. The maximum atomic E-state index is 12.2. The second kappa shape index (κ2) is 11.5. The minimum absolute atomic E-state index is 0.00674. The molecule has 7 heteroatoms. The van der Waals surface area contributed by atoms with Crippen LogP contribution in [0.4, 0.5) is 4.79 Å². The van der Waals surface area contributed by atoms with E-state index >= 15 is 0 Å². The number of amides is 2. The molecule has 1 unspecified atom stereocenters. The predicted molar refractivity (Wildman–Crippen MR) is 126 cm³/mol. The monoisotopic (exact) mass is 452 g/mol. The van der Waals surface area contributed by atoms with Crippen LogP contribution in [-0.2, 0) is 14.3 Å². The van der Waals surface area contributed by atoms with Gasteiger partial charge in [0.25, 0.3) is 0 Å². The van der Waals surface area contributed by atoms with Crippen LogP contribution in [0.5, 0.6) is 0 Å². The Balaban J connectivity index is 1.40. The number of carboxylic acid groups (broad SMARTS) is 1. The SMILES string of the molecule is CC(C)CCC(NC(=O)CCCNC(=O)OCC1c2ccccc2-c2ccccc21)C(=O)O. The van der Waals surface area contributed by atoms with Crippen LogP contribution in [0.3, 0.4) is 0 Å². The van der Waals surface area contributed by atoms with Gasteiger partial charge in [-0.25, -0.2) is 9.59 Å². The van der Waals surface area contributed by atoms with Crippen molar-refractivity contribution in [3.8, 4) is 11.1 Å². The number of carbonyl (C=O) groups excluding carboxylic acids is 2. The van der Waals surface area contributed by atoms with Crippen molar-refractivity contribution in [1.29, 1.82) is 0 Å². The fourth-order valence-electron chi connectivity index (χ4n) is 4.11. The van der Waals surface area contributed by atoms with Gasteiger partial charge in [-0.2, -0.15) is 0 Å². The van der Waals surface area contributed by atoms with Crippen molar-refractivity contribution in [3.63, 3.8) is 0 Å². The summed E-state index contributed by atoms with van der Waals surface area (Å²) in [5, 5.41) is 14.5. The minimum atomic E-state index is -1.03. The summed E-state index contributed by atoms with van der Waals surface area (Å²) in [5.74, 6) is -1.00. The molecule has 3 N–H and O–H groups in total. The standard InChI is InChI=1S/C26H32N2O5/c1-17(2)13-14-23(25(30)31)28-24(29)12-7-15-27-26(32)33-16-22-20-10-5-3-8-18(20)19-9-4-6-11-21(19)22/h3-6,8-11,17,22-23H,7,12-16H2,1-2H3,(H,27,32)(H,28,29)(H,30,31). The van der Waals surface area contributed by atoms with E-state index in [1.54, 1.807) is 0 Å². The van der Waals surface area contributed by atoms with Gasteiger partial charge in [0.1, 0.15) is 12.6 Å². The van der Waals surface area contributed by atoms with Gasteiger partial charge in [-0.1, -0.05) is 62.4 Å². The van der Waals surface area contributed by atoms with E-state index in [4.69, 9.17) is 4.74 Å². The Morgan fingerprint density at radius 1 is 0.970 bits per heavy atom. The number of hydrogen-bond acceptors (Lipinski definition) is 4. The largest absolute Gasteiger partial charge is 0.480 e. The van der Waals surface area contributed by atoms with Crippen molar-refractivity contribution >= 4 is 18.0 Å². The summed E-state index contributed by atoms with van der Waals surface area (Å²) >= 11 is 0. The zero-order chi connectivity index (χ0) is 23.8. The van der Waals surface area contributed by atoms with E-state index in [1.165, 1.54) is 11.1 Å². The molecule has 3 rings (SSSR count). The molecule has 0 spiro atoms. The van der Waals surface area contributed by atoms with Gasteiger partial charge < -0.3 is 20.5 Å². The van der Waals surface area contributed by atoms with Crippen LogP contribution < -0.4 is 10.6 Å². The number of ether oxygens (including phenoxy) is 1. The highest BCUT2D eigenvalue weighted by Gasteiger charge is 2.29. The quantitative estimate of drug-likeness (QED) is 0.441. The van der Waals surface area contributed by atoms with Gasteiger partial charge in [0, 0.05) is 18.9 Å². The van der Waals surface area contributed by atoms with Crippen LogP contribution in [0.15, 0.2) is 48.5 Å². The van der Waals surface area contributed by atoms with Crippen LogP contribution in [0.2, 0.25) is 0 Å². The molecule has 0 saturated carbocycles. The number of alkyl carbamates (subject to hydrolysis) is 1. The molecule has 2 aromatic carbocycles. The number of fused-ring (bicyclic) bond motifs is 3. The zero-order valence-corrected chi connectivity index (χ0v) is 19.2. The van der Waals surface area contributed by atoms with E-state index in [0.29, 0.717) is 18.8 Å². The van der Waals surface area contributed by atoms with Crippen molar-refractivity contribution in [2.45, 2.75) is 51.5 Å². The molecular weight excluding hydrogens is 420 g/mol. The number of nitrogens with one attached hydrogen (secondary N) is 2. The third-order valence-corrected chi connectivity index (χ3v) is 5.86. The summed E-state index contributed by atoms with van der Waals surface area (Å²) in [6.07, 6.45) is 1.12. The average molecular weight is 453 g/mol. The van der Waals surface area contributed by atoms with Gasteiger partial charge >= 0.3 is 12.1 Å².